The van der Waals surface area contributed by atoms with Crippen LogP contribution in [0.5, 0.6) is 0 Å². The molecular weight excluding hydrogens is 506 g/mol. The summed E-state index contributed by atoms with van der Waals surface area (Å²) in [5, 5.41) is 0.413. The van der Waals surface area contributed by atoms with Crippen molar-refractivity contribution in [3.05, 3.63) is 53.1 Å². The molecular formula is C23H23F4N3O3S2. The Morgan fingerprint density at radius 1 is 1.03 bits per heavy atom. The molecule has 1 aromatic heterocycles. The van der Waals surface area contributed by atoms with Crippen molar-refractivity contribution in [2.45, 2.75) is 54.1 Å². The fraction of sp³-hybridized carbons (Fsp3) is 0.435. The van der Waals surface area contributed by atoms with Crippen LogP contribution >= 0.6 is 11.8 Å². The van der Waals surface area contributed by atoms with Crippen molar-refractivity contribution in [2.24, 2.45) is 0 Å². The van der Waals surface area contributed by atoms with Crippen LogP contribution in [-0.2, 0) is 27.1 Å². The maximum Gasteiger partial charge on any atom is 0.243 e. The quantitative estimate of drug-likeness (QED) is 0.190. The number of imidazole rings is 1. The Kier molecular flexibility index (Phi) is 6.81. The summed E-state index contributed by atoms with van der Waals surface area (Å²) < 4.78 is 89.9. The zero-order chi connectivity index (χ0) is 24.7. The van der Waals surface area contributed by atoms with Crippen LogP contribution in [0.1, 0.15) is 31.2 Å². The van der Waals surface area contributed by atoms with E-state index in [0.29, 0.717) is 48.5 Å². The Morgan fingerprint density at radius 2 is 1.80 bits per heavy atom. The maximum absolute atomic E-state index is 14.2. The molecule has 2 aliphatic rings. The van der Waals surface area contributed by atoms with Crippen molar-refractivity contribution in [3.63, 3.8) is 0 Å². The van der Waals surface area contributed by atoms with Crippen LogP contribution in [-0.4, -0.2) is 48.1 Å². The van der Waals surface area contributed by atoms with Crippen molar-refractivity contribution >= 4 is 32.8 Å². The van der Waals surface area contributed by atoms with Crippen LogP contribution in [0.25, 0.3) is 11.0 Å². The van der Waals surface area contributed by atoms with Crippen LogP contribution in [0, 0.1) is 23.3 Å². The molecule has 0 radical (unpaired) electrons. The van der Waals surface area contributed by atoms with Crippen LogP contribution in [0.4, 0.5) is 17.6 Å². The normalized spacial score (nSPS) is 19.3. The SMILES string of the molecule is O=S(=O)(c1ccc2c(c1)nc(SCc1cc(F)c(F)c(F)c1F)n2C[C@H]1CCCO1)N1CCCC1. The van der Waals surface area contributed by atoms with E-state index in [2.05, 4.69) is 4.98 Å². The third-order valence-corrected chi connectivity index (χ3v) is 9.25. The Bertz CT molecular complexity index is 1370. The summed E-state index contributed by atoms with van der Waals surface area (Å²) >= 11 is 1.03. The molecule has 12 heteroatoms. The molecule has 0 amide bonds. The number of ether oxygens (including phenoxy) is 1. The molecule has 3 heterocycles. The smallest absolute Gasteiger partial charge is 0.243 e. The number of thioether (sulfide) groups is 1. The first-order valence-electron chi connectivity index (χ1n) is 11.3. The summed E-state index contributed by atoms with van der Waals surface area (Å²) in [4.78, 5) is 4.70. The minimum absolute atomic E-state index is 0.0720. The minimum atomic E-state index is -3.65. The maximum atomic E-state index is 14.2. The van der Waals surface area contributed by atoms with Gasteiger partial charge in [0.25, 0.3) is 0 Å². The van der Waals surface area contributed by atoms with Crippen molar-refractivity contribution < 1.29 is 30.7 Å². The fourth-order valence-corrected chi connectivity index (χ4v) is 7.00. The molecule has 0 spiro atoms. The molecule has 2 aliphatic heterocycles. The number of rotatable bonds is 7. The fourth-order valence-electron chi connectivity index (χ4n) is 4.47. The molecule has 0 unspecified atom stereocenters. The average Bonchev–Trinajstić information content (AvgIpc) is 3.61. The van der Waals surface area contributed by atoms with Crippen molar-refractivity contribution in [3.8, 4) is 0 Å². The third-order valence-electron chi connectivity index (χ3n) is 6.33. The lowest BCUT2D eigenvalue weighted by Gasteiger charge is -2.16. The first-order valence-corrected chi connectivity index (χ1v) is 13.7. The van der Waals surface area contributed by atoms with Gasteiger partial charge in [0, 0.05) is 31.0 Å². The van der Waals surface area contributed by atoms with Crippen LogP contribution < -0.4 is 0 Å². The first kappa shape index (κ1) is 24.5. The van der Waals surface area contributed by atoms with E-state index < -0.39 is 33.3 Å². The van der Waals surface area contributed by atoms with Crippen molar-refractivity contribution in [1.82, 2.24) is 13.9 Å². The second kappa shape index (κ2) is 9.72. The Balaban J connectivity index is 1.50. The highest BCUT2D eigenvalue weighted by molar-refractivity contribution is 7.98. The van der Waals surface area contributed by atoms with Gasteiger partial charge in [-0.1, -0.05) is 11.8 Å². The molecule has 0 bridgehead atoms. The first-order chi connectivity index (χ1) is 16.8. The van der Waals surface area contributed by atoms with E-state index in [9.17, 15) is 26.0 Å². The van der Waals surface area contributed by atoms with E-state index in [1.165, 1.54) is 10.4 Å². The van der Waals surface area contributed by atoms with Gasteiger partial charge in [-0.05, 0) is 49.9 Å². The lowest BCUT2D eigenvalue weighted by molar-refractivity contribution is 0.0960. The second-order valence-electron chi connectivity index (χ2n) is 8.65. The molecule has 0 aliphatic carbocycles. The highest BCUT2D eigenvalue weighted by Crippen LogP contribution is 2.32. The van der Waals surface area contributed by atoms with Gasteiger partial charge in [-0.15, -0.1) is 0 Å². The summed E-state index contributed by atoms with van der Waals surface area (Å²) in [6.07, 6.45) is 3.32. The Morgan fingerprint density at radius 3 is 2.51 bits per heavy atom. The molecule has 2 aromatic carbocycles. The minimum Gasteiger partial charge on any atom is -0.376 e. The standard InChI is InChI=1S/C23H23F4N3O3S2/c24-17-10-14(20(25)22(27)21(17)26)13-34-23-28-18-11-16(35(31,32)29-7-1-2-8-29)5-6-19(18)30(23)12-15-4-3-9-33-15/h5-6,10-11,15H,1-4,7-9,12-13H2/t15-/m1/s1. The van der Waals surface area contributed by atoms with Crippen LogP contribution in [0.2, 0.25) is 0 Å². The molecule has 2 fully saturated rings. The Labute approximate surface area is 204 Å². The third kappa shape index (κ3) is 4.68. The molecule has 5 rings (SSSR count). The summed E-state index contributed by atoms with van der Waals surface area (Å²) in [5.41, 5.74) is 0.766. The zero-order valence-corrected chi connectivity index (χ0v) is 20.3. The van der Waals surface area contributed by atoms with Crippen molar-refractivity contribution in [1.29, 1.82) is 0 Å². The molecule has 35 heavy (non-hydrogen) atoms. The summed E-state index contributed by atoms with van der Waals surface area (Å²) in [6.45, 7) is 2.03. The van der Waals surface area contributed by atoms with Gasteiger partial charge in [-0.25, -0.2) is 31.0 Å². The molecule has 6 nitrogen and oxygen atoms in total. The molecule has 0 saturated carbocycles. The number of aromatic nitrogens is 2. The summed E-state index contributed by atoms with van der Waals surface area (Å²) in [7, 11) is -3.65. The van der Waals surface area contributed by atoms with E-state index >= 15 is 0 Å². The van der Waals surface area contributed by atoms with Gasteiger partial charge in [0.05, 0.1) is 28.6 Å². The van der Waals surface area contributed by atoms with Gasteiger partial charge in [0.1, 0.15) is 0 Å². The van der Waals surface area contributed by atoms with Crippen LogP contribution in [0.3, 0.4) is 0 Å². The van der Waals surface area contributed by atoms with Crippen molar-refractivity contribution in [2.75, 3.05) is 19.7 Å². The molecule has 0 N–H and O–H groups in total. The largest absolute Gasteiger partial charge is 0.376 e. The van der Waals surface area contributed by atoms with E-state index in [1.54, 1.807) is 12.1 Å². The van der Waals surface area contributed by atoms with Gasteiger partial charge in [-0.3, -0.25) is 0 Å². The summed E-state index contributed by atoms with van der Waals surface area (Å²) in [5.74, 6) is -6.83. The van der Waals surface area contributed by atoms with Gasteiger partial charge < -0.3 is 9.30 Å². The number of fused-ring (bicyclic) bond motifs is 1. The topological polar surface area (TPSA) is 64.4 Å². The van der Waals surface area contributed by atoms with E-state index in [-0.39, 0.29) is 22.3 Å². The van der Waals surface area contributed by atoms with E-state index in [0.717, 1.165) is 37.4 Å². The number of sulfonamides is 1. The highest BCUT2D eigenvalue weighted by atomic mass is 32.2. The predicted molar refractivity (Wildman–Crippen MR) is 123 cm³/mol. The summed E-state index contributed by atoms with van der Waals surface area (Å²) in [6, 6.07) is 5.37. The highest BCUT2D eigenvalue weighted by Gasteiger charge is 2.28. The predicted octanol–water partition coefficient (Wildman–Crippen LogP) is 4.85. The lowest BCUT2D eigenvalue weighted by Crippen LogP contribution is -2.27. The molecule has 1 atom stereocenters. The van der Waals surface area contributed by atoms with Gasteiger partial charge in [-0.2, -0.15) is 4.31 Å². The van der Waals surface area contributed by atoms with Gasteiger partial charge >= 0.3 is 0 Å². The van der Waals surface area contributed by atoms with E-state index in [4.69, 9.17) is 4.74 Å². The number of halogens is 4. The number of hydrogen-bond donors (Lipinski definition) is 0. The zero-order valence-electron chi connectivity index (χ0n) is 18.6. The Hall–Kier alpha value is -2.15. The average molecular weight is 530 g/mol. The van der Waals surface area contributed by atoms with Gasteiger partial charge in [0.2, 0.25) is 10.0 Å². The van der Waals surface area contributed by atoms with Crippen LogP contribution in [0.15, 0.2) is 34.3 Å². The number of hydrogen-bond acceptors (Lipinski definition) is 5. The number of nitrogens with zero attached hydrogens (tertiary/aromatic N) is 3. The molecule has 188 valence electrons. The molecule has 2 saturated heterocycles. The van der Waals surface area contributed by atoms with E-state index in [1.807, 2.05) is 4.57 Å². The number of benzene rings is 2. The lowest BCUT2D eigenvalue weighted by atomic mass is 10.2. The molecule has 3 aromatic rings. The van der Waals surface area contributed by atoms with Gasteiger partial charge in [0.15, 0.2) is 28.4 Å². The monoisotopic (exact) mass is 529 g/mol. The second-order valence-corrected chi connectivity index (χ2v) is 11.5.